The quantitative estimate of drug-likeness (QED) is 0.529. The van der Waals surface area contributed by atoms with Crippen molar-refractivity contribution in [2.45, 2.75) is 17.9 Å². The summed E-state index contributed by atoms with van der Waals surface area (Å²) in [7, 11) is 1.84. The fourth-order valence-electron chi connectivity index (χ4n) is 5.18. The van der Waals surface area contributed by atoms with E-state index < -0.39 is 11.5 Å². The lowest BCUT2D eigenvalue weighted by Crippen LogP contribution is -2.42. The van der Waals surface area contributed by atoms with Crippen molar-refractivity contribution < 1.29 is 9.59 Å². The van der Waals surface area contributed by atoms with Crippen LogP contribution in [0.4, 0.5) is 5.69 Å². The second kappa shape index (κ2) is 6.28. The number of likely N-dealkylation sites (tertiary alicyclic amines) is 1. The first-order chi connectivity index (χ1) is 15.1. The zero-order valence-electron chi connectivity index (χ0n) is 16.9. The van der Waals surface area contributed by atoms with E-state index in [1.54, 1.807) is 22.0 Å². The Morgan fingerprint density at radius 3 is 2.90 bits per heavy atom. The average molecular weight is 412 g/mol. The number of benzene rings is 1. The van der Waals surface area contributed by atoms with Crippen LogP contribution >= 0.6 is 0 Å². The van der Waals surface area contributed by atoms with E-state index in [1.165, 1.54) is 0 Å². The number of H-pyrrole nitrogens is 1. The maximum absolute atomic E-state index is 13.7. The standard InChI is InChI=1S/C23H20N6O2/c1-28-13-15(12-25-28)19-23(16-6-2-3-7-17(16)27-22(23)31)8-10-29(19)21(30)18-11-14-5-4-9-24-20(14)26-18/h2-7,9,11-13,19H,8,10H2,1H3,(H,24,26)(H,27,31)/t19-,23+/m0/s1. The highest BCUT2D eigenvalue weighted by molar-refractivity contribution is 6.08. The molecule has 5 heterocycles. The number of amides is 2. The molecule has 0 saturated carbocycles. The Morgan fingerprint density at radius 1 is 1.23 bits per heavy atom. The Kier molecular flexibility index (Phi) is 3.62. The molecule has 31 heavy (non-hydrogen) atoms. The highest BCUT2D eigenvalue weighted by Crippen LogP contribution is 2.54. The van der Waals surface area contributed by atoms with Crippen LogP contribution in [-0.4, -0.2) is 43.0 Å². The van der Waals surface area contributed by atoms with Crippen molar-refractivity contribution in [3.63, 3.8) is 0 Å². The number of hydrogen-bond donors (Lipinski definition) is 2. The molecule has 2 amide bonds. The predicted octanol–water partition coefficient (Wildman–Crippen LogP) is 2.77. The third kappa shape index (κ3) is 2.41. The monoisotopic (exact) mass is 412 g/mol. The highest BCUT2D eigenvalue weighted by Gasteiger charge is 2.59. The van der Waals surface area contributed by atoms with Crippen LogP contribution in [-0.2, 0) is 17.3 Å². The number of carbonyl (C=O) groups excluding carboxylic acids is 2. The van der Waals surface area contributed by atoms with Gasteiger partial charge in [0.15, 0.2) is 0 Å². The number of para-hydroxylation sites is 1. The van der Waals surface area contributed by atoms with Gasteiger partial charge in [0.05, 0.1) is 12.2 Å². The second-order valence-corrected chi connectivity index (χ2v) is 8.19. The van der Waals surface area contributed by atoms with Crippen molar-refractivity contribution in [1.29, 1.82) is 0 Å². The molecule has 2 aliphatic heterocycles. The molecule has 1 aromatic carbocycles. The number of anilines is 1. The van der Waals surface area contributed by atoms with E-state index in [4.69, 9.17) is 0 Å². The van der Waals surface area contributed by atoms with Crippen LogP contribution in [0.3, 0.4) is 0 Å². The van der Waals surface area contributed by atoms with Gasteiger partial charge in [-0.3, -0.25) is 14.3 Å². The molecule has 3 aromatic heterocycles. The summed E-state index contributed by atoms with van der Waals surface area (Å²) in [6.07, 6.45) is 5.87. The van der Waals surface area contributed by atoms with Gasteiger partial charge >= 0.3 is 0 Å². The fourth-order valence-corrected chi connectivity index (χ4v) is 5.18. The lowest BCUT2D eigenvalue weighted by molar-refractivity contribution is -0.121. The summed E-state index contributed by atoms with van der Waals surface area (Å²) < 4.78 is 1.70. The number of hydrogen-bond acceptors (Lipinski definition) is 4. The number of aromatic nitrogens is 4. The predicted molar refractivity (Wildman–Crippen MR) is 114 cm³/mol. The van der Waals surface area contributed by atoms with E-state index in [9.17, 15) is 9.59 Å². The van der Waals surface area contributed by atoms with Crippen molar-refractivity contribution in [1.82, 2.24) is 24.6 Å². The van der Waals surface area contributed by atoms with Crippen LogP contribution in [0.25, 0.3) is 11.0 Å². The van der Waals surface area contributed by atoms with E-state index in [0.717, 1.165) is 22.2 Å². The lowest BCUT2D eigenvalue weighted by atomic mass is 9.73. The van der Waals surface area contributed by atoms with Crippen LogP contribution in [0.2, 0.25) is 0 Å². The van der Waals surface area contributed by atoms with Crippen molar-refractivity contribution in [2.75, 3.05) is 11.9 Å². The second-order valence-electron chi connectivity index (χ2n) is 8.19. The minimum Gasteiger partial charge on any atom is -0.335 e. The SMILES string of the molecule is Cn1cc([C@@H]2N(C(=O)c3cc4cccnc4[nH]3)CC[C@]23C(=O)Nc2ccccc23)cn1. The minimum absolute atomic E-state index is 0.0730. The largest absolute Gasteiger partial charge is 0.335 e. The zero-order valence-corrected chi connectivity index (χ0v) is 16.9. The molecule has 6 rings (SSSR count). The summed E-state index contributed by atoms with van der Waals surface area (Å²) in [5.74, 6) is -0.225. The number of carbonyl (C=O) groups is 2. The summed E-state index contributed by atoms with van der Waals surface area (Å²) in [5.41, 5.74) is 2.87. The number of pyridine rings is 1. The first-order valence-electron chi connectivity index (χ1n) is 10.2. The number of nitrogens with zero attached hydrogens (tertiary/aromatic N) is 4. The van der Waals surface area contributed by atoms with Crippen LogP contribution in [0, 0.1) is 0 Å². The van der Waals surface area contributed by atoms with Gasteiger partial charge in [0, 0.05) is 42.6 Å². The molecule has 2 aliphatic rings. The molecule has 1 saturated heterocycles. The molecular formula is C23H20N6O2. The van der Waals surface area contributed by atoms with Gasteiger partial charge in [-0.1, -0.05) is 18.2 Å². The molecule has 154 valence electrons. The van der Waals surface area contributed by atoms with E-state index >= 15 is 0 Å². The molecule has 0 unspecified atom stereocenters. The Balaban J connectivity index is 1.50. The van der Waals surface area contributed by atoms with Gasteiger partial charge in [-0.15, -0.1) is 0 Å². The average Bonchev–Trinajstić information content (AvgIpc) is 3.53. The fraction of sp³-hybridized carbons (Fsp3) is 0.217. The Bertz CT molecular complexity index is 1320. The van der Waals surface area contributed by atoms with Gasteiger partial charge in [0.25, 0.3) is 5.91 Å². The maximum atomic E-state index is 13.7. The van der Waals surface area contributed by atoms with E-state index in [2.05, 4.69) is 20.4 Å². The summed E-state index contributed by atoms with van der Waals surface area (Å²) in [6.45, 7) is 0.461. The molecule has 0 aliphatic carbocycles. The summed E-state index contributed by atoms with van der Waals surface area (Å²) in [4.78, 5) is 36.3. The Hall–Kier alpha value is -3.94. The smallest absolute Gasteiger partial charge is 0.270 e. The third-order valence-corrected chi connectivity index (χ3v) is 6.51. The summed E-state index contributed by atoms with van der Waals surface area (Å²) >= 11 is 0. The van der Waals surface area contributed by atoms with Crippen molar-refractivity contribution >= 4 is 28.5 Å². The molecular weight excluding hydrogens is 392 g/mol. The van der Waals surface area contributed by atoms with Gasteiger partial charge < -0.3 is 15.2 Å². The van der Waals surface area contributed by atoms with Crippen molar-refractivity contribution in [3.05, 3.63) is 77.9 Å². The summed E-state index contributed by atoms with van der Waals surface area (Å²) in [5, 5.41) is 8.24. The Morgan fingerprint density at radius 2 is 2.10 bits per heavy atom. The van der Waals surface area contributed by atoms with Gasteiger partial charge in [0.1, 0.15) is 16.8 Å². The van der Waals surface area contributed by atoms with Gasteiger partial charge in [-0.2, -0.15) is 5.10 Å². The Labute approximate surface area is 177 Å². The van der Waals surface area contributed by atoms with Crippen molar-refractivity contribution in [3.8, 4) is 0 Å². The van der Waals surface area contributed by atoms with Crippen LogP contribution in [0.5, 0.6) is 0 Å². The van der Waals surface area contributed by atoms with Crippen LogP contribution in [0.1, 0.15) is 34.1 Å². The van der Waals surface area contributed by atoms with E-state index in [0.29, 0.717) is 24.3 Å². The third-order valence-electron chi connectivity index (χ3n) is 6.51. The topological polar surface area (TPSA) is 95.9 Å². The van der Waals surface area contributed by atoms with Gasteiger partial charge in [0.2, 0.25) is 5.91 Å². The molecule has 4 aromatic rings. The molecule has 1 fully saturated rings. The van der Waals surface area contributed by atoms with E-state index in [-0.39, 0.29) is 11.8 Å². The lowest BCUT2D eigenvalue weighted by Gasteiger charge is -2.33. The first kappa shape index (κ1) is 17.9. The molecule has 2 N–H and O–H groups in total. The number of aromatic amines is 1. The zero-order chi connectivity index (χ0) is 21.2. The van der Waals surface area contributed by atoms with E-state index in [1.807, 2.05) is 55.7 Å². The molecule has 0 bridgehead atoms. The molecule has 8 nitrogen and oxygen atoms in total. The molecule has 2 atom stereocenters. The maximum Gasteiger partial charge on any atom is 0.270 e. The van der Waals surface area contributed by atoms with Crippen molar-refractivity contribution in [2.24, 2.45) is 7.05 Å². The minimum atomic E-state index is -0.848. The van der Waals surface area contributed by atoms with Gasteiger partial charge in [-0.05, 0) is 36.2 Å². The first-order valence-corrected chi connectivity index (χ1v) is 10.2. The molecule has 1 spiro atoms. The molecule has 0 radical (unpaired) electrons. The number of fused-ring (bicyclic) bond motifs is 3. The van der Waals surface area contributed by atoms with Crippen LogP contribution < -0.4 is 5.32 Å². The highest BCUT2D eigenvalue weighted by atomic mass is 16.2. The number of aryl methyl sites for hydroxylation is 1. The molecule has 8 heteroatoms. The number of rotatable bonds is 2. The van der Waals surface area contributed by atoms with Gasteiger partial charge in [-0.25, -0.2) is 4.98 Å². The number of nitrogens with one attached hydrogen (secondary N) is 2. The summed E-state index contributed by atoms with van der Waals surface area (Å²) in [6, 6.07) is 12.9. The van der Waals surface area contributed by atoms with Crippen LogP contribution in [0.15, 0.2) is 61.1 Å². The normalized spacial score (nSPS) is 22.3.